The molecule has 144 valence electrons. The first-order chi connectivity index (χ1) is 13.0. The number of aromatic nitrogens is 3. The van der Waals surface area contributed by atoms with Gasteiger partial charge in [0.25, 0.3) is 5.91 Å². The van der Waals surface area contributed by atoms with Crippen LogP contribution in [0.3, 0.4) is 0 Å². The topological polar surface area (TPSA) is 88.1 Å². The van der Waals surface area contributed by atoms with Crippen molar-refractivity contribution >= 4 is 34.9 Å². The number of carbonyl (C=O) groups excluding carboxylic acids is 2. The molecule has 2 aliphatic heterocycles. The minimum Gasteiger partial charge on any atom is -0.349 e. The molecule has 4 heterocycles. The number of fused-ring (bicyclic) bond motifs is 2. The van der Waals surface area contributed by atoms with Crippen LogP contribution in [0.2, 0.25) is 0 Å². The second-order valence-corrected chi connectivity index (χ2v) is 8.91. The number of amides is 2. The van der Waals surface area contributed by atoms with Crippen molar-refractivity contribution in [3.05, 3.63) is 27.5 Å². The van der Waals surface area contributed by atoms with Crippen LogP contribution in [0.1, 0.15) is 59.5 Å². The Morgan fingerprint density at radius 1 is 1.33 bits per heavy atom. The lowest BCUT2D eigenvalue weighted by Gasteiger charge is -2.35. The molecule has 2 bridgehead atoms. The molecule has 0 radical (unpaired) electrons. The first-order valence-electron chi connectivity index (χ1n) is 9.27. The van der Waals surface area contributed by atoms with Gasteiger partial charge in [0.05, 0.1) is 29.4 Å². The molecule has 2 aromatic rings. The van der Waals surface area contributed by atoms with E-state index in [9.17, 15) is 9.59 Å². The van der Waals surface area contributed by atoms with E-state index in [0.29, 0.717) is 17.9 Å². The maximum absolute atomic E-state index is 13.2. The lowest BCUT2D eigenvalue weighted by atomic mass is 9.71. The van der Waals surface area contributed by atoms with Crippen LogP contribution in [0.25, 0.3) is 0 Å². The Morgan fingerprint density at radius 2 is 2.15 bits per heavy atom. The lowest BCUT2D eigenvalue weighted by molar-refractivity contribution is -0.133. The summed E-state index contributed by atoms with van der Waals surface area (Å²) in [5, 5.41) is 5.98. The van der Waals surface area contributed by atoms with Crippen LogP contribution < -0.4 is 5.32 Å². The molecule has 0 unspecified atom stereocenters. The van der Waals surface area contributed by atoms with Crippen molar-refractivity contribution in [3.8, 4) is 0 Å². The van der Waals surface area contributed by atoms with Gasteiger partial charge in [0, 0.05) is 23.2 Å². The zero-order chi connectivity index (χ0) is 19.2. The first-order valence-corrected chi connectivity index (χ1v) is 10.9. The highest BCUT2D eigenvalue weighted by Crippen LogP contribution is 2.52. The number of rotatable bonds is 5. The third-order valence-corrected chi connectivity index (χ3v) is 7.57. The number of thiazole rings is 1. The molecule has 1 N–H and O–H groups in total. The summed E-state index contributed by atoms with van der Waals surface area (Å²) in [7, 11) is 0. The fourth-order valence-electron chi connectivity index (χ4n) is 4.64. The van der Waals surface area contributed by atoms with Crippen molar-refractivity contribution in [1.29, 1.82) is 0 Å². The SMILES string of the molecule is CC[C@@]1(C(=O)NCc2nc(C)cs2)C[C@@H]2CC[C@H]1N2C(=O)c1nsnc1C. The van der Waals surface area contributed by atoms with Crippen molar-refractivity contribution in [2.24, 2.45) is 5.41 Å². The molecule has 2 amide bonds. The zero-order valence-corrected chi connectivity index (χ0v) is 17.3. The molecule has 2 aliphatic rings. The van der Waals surface area contributed by atoms with Crippen LogP contribution in [-0.2, 0) is 11.3 Å². The van der Waals surface area contributed by atoms with Crippen LogP contribution >= 0.6 is 23.1 Å². The predicted octanol–water partition coefficient (Wildman–Crippen LogP) is 2.70. The van der Waals surface area contributed by atoms with Gasteiger partial charge in [-0.05, 0) is 39.5 Å². The van der Waals surface area contributed by atoms with Gasteiger partial charge in [-0.3, -0.25) is 9.59 Å². The van der Waals surface area contributed by atoms with E-state index in [1.807, 2.05) is 31.1 Å². The van der Waals surface area contributed by atoms with Crippen molar-refractivity contribution in [2.75, 3.05) is 0 Å². The second kappa shape index (κ2) is 6.94. The van der Waals surface area contributed by atoms with Gasteiger partial charge in [-0.2, -0.15) is 8.75 Å². The van der Waals surface area contributed by atoms with Crippen molar-refractivity contribution < 1.29 is 9.59 Å². The van der Waals surface area contributed by atoms with Crippen LogP contribution in [0, 0.1) is 19.3 Å². The van der Waals surface area contributed by atoms with Gasteiger partial charge >= 0.3 is 0 Å². The molecule has 4 rings (SSSR count). The average Bonchev–Trinajstić information content (AvgIpc) is 3.42. The molecule has 27 heavy (non-hydrogen) atoms. The van der Waals surface area contributed by atoms with Gasteiger partial charge < -0.3 is 10.2 Å². The maximum atomic E-state index is 13.2. The van der Waals surface area contributed by atoms with E-state index >= 15 is 0 Å². The minimum atomic E-state index is -0.526. The Labute approximate surface area is 166 Å². The first kappa shape index (κ1) is 18.5. The van der Waals surface area contributed by atoms with E-state index in [-0.39, 0.29) is 23.9 Å². The van der Waals surface area contributed by atoms with Gasteiger partial charge in [-0.1, -0.05) is 6.92 Å². The van der Waals surface area contributed by atoms with Crippen molar-refractivity contribution in [3.63, 3.8) is 0 Å². The van der Waals surface area contributed by atoms with Crippen LogP contribution in [0.15, 0.2) is 5.38 Å². The highest BCUT2D eigenvalue weighted by Gasteiger charge is 2.60. The maximum Gasteiger partial charge on any atom is 0.276 e. The fourth-order valence-corrected chi connectivity index (χ4v) is 5.89. The summed E-state index contributed by atoms with van der Waals surface area (Å²) in [4.78, 5) is 32.6. The molecule has 2 fully saturated rings. The van der Waals surface area contributed by atoms with Gasteiger partial charge in [0.2, 0.25) is 5.91 Å². The number of aryl methyl sites for hydroxylation is 2. The van der Waals surface area contributed by atoms with Gasteiger partial charge in [0.15, 0.2) is 5.69 Å². The number of hydrogen-bond donors (Lipinski definition) is 1. The molecule has 0 saturated carbocycles. The van der Waals surface area contributed by atoms with Crippen molar-refractivity contribution in [1.82, 2.24) is 23.9 Å². The molecule has 0 aliphatic carbocycles. The van der Waals surface area contributed by atoms with E-state index in [2.05, 4.69) is 19.0 Å². The molecule has 3 atom stereocenters. The van der Waals surface area contributed by atoms with E-state index in [1.54, 1.807) is 11.3 Å². The molecule has 0 spiro atoms. The summed E-state index contributed by atoms with van der Waals surface area (Å²) in [6.07, 6.45) is 3.26. The molecule has 2 saturated heterocycles. The molecule has 9 heteroatoms. The Kier molecular flexibility index (Phi) is 4.75. The van der Waals surface area contributed by atoms with E-state index < -0.39 is 5.41 Å². The zero-order valence-electron chi connectivity index (χ0n) is 15.7. The monoisotopic (exact) mass is 405 g/mol. The summed E-state index contributed by atoms with van der Waals surface area (Å²) in [5.74, 6) is -0.0385. The summed E-state index contributed by atoms with van der Waals surface area (Å²) in [5.41, 5.74) is 1.55. The third kappa shape index (κ3) is 2.97. The summed E-state index contributed by atoms with van der Waals surface area (Å²) in [6.45, 7) is 6.25. The molecule has 0 aromatic carbocycles. The Morgan fingerprint density at radius 3 is 2.78 bits per heavy atom. The third-order valence-electron chi connectivity index (χ3n) is 5.98. The Hall–Kier alpha value is -1.87. The van der Waals surface area contributed by atoms with Crippen LogP contribution in [0.5, 0.6) is 0 Å². The molecular weight excluding hydrogens is 382 g/mol. The van der Waals surface area contributed by atoms with Gasteiger partial charge in [-0.15, -0.1) is 11.3 Å². The smallest absolute Gasteiger partial charge is 0.276 e. The lowest BCUT2D eigenvalue weighted by Crippen LogP contribution is -2.49. The summed E-state index contributed by atoms with van der Waals surface area (Å²) >= 11 is 2.62. The predicted molar refractivity (Wildman–Crippen MR) is 104 cm³/mol. The molecular formula is C18H23N5O2S2. The second-order valence-electron chi connectivity index (χ2n) is 7.44. The molecule has 2 aromatic heterocycles. The Balaban J connectivity index is 1.54. The largest absolute Gasteiger partial charge is 0.349 e. The van der Waals surface area contributed by atoms with E-state index in [0.717, 1.165) is 48.1 Å². The summed E-state index contributed by atoms with van der Waals surface area (Å²) in [6, 6.07) is 0.0375. The number of nitrogens with zero attached hydrogens (tertiary/aromatic N) is 4. The summed E-state index contributed by atoms with van der Waals surface area (Å²) < 4.78 is 8.32. The number of nitrogens with one attached hydrogen (secondary N) is 1. The Bertz CT molecular complexity index is 879. The average molecular weight is 406 g/mol. The van der Waals surface area contributed by atoms with Crippen LogP contribution in [0.4, 0.5) is 0 Å². The van der Waals surface area contributed by atoms with Crippen LogP contribution in [-0.4, -0.2) is 42.5 Å². The highest BCUT2D eigenvalue weighted by atomic mass is 32.1. The van der Waals surface area contributed by atoms with Crippen molar-refractivity contribution in [2.45, 2.75) is 65.1 Å². The normalized spacial score (nSPS) is 26.6. The van der Waals surface area contributed by atoms with E-state index in [4.69, 9.17) is 0 Å². The molecule has 7 nitrogen and oxygen atoms in total. The quantitative estimate of drug-likeness (QED) is 0.826. The van der Waals surface area contributed by atoms with Gasteiger partial charge in [0.1, 0.15) is 5.01 Å². The van der Waals surface area contributed by atoms with E-state index in [1.165, 1.54) is 0 Å². The minimum absolute atomic E-state index is 0.0379. The number of hydrogen-bond acceptors (Lipinski definition) is 7. The van der Waals surface area contributed by atoms with Gasteiger partial charge in [-0.25, -0.2) is 4.98 Å². The number of carbonyl (C=O) groups is 2. The standard InChI is InChI=1S/C18H23N5O2S2/c1-4-18(17(25)19-8-14-20-10(2)9-26-14)7-12-5-6-13(18)23(12)16(24)15-11(3)21-27-22-15/h9,12-13H,4-8H2,1-3H3,(H,19,25)/t12-,13+,18+/m0/s1. The highest BCUT2D eigenvalue weighted by molar-refractivity contribution is 7.09. The fraction of sp³-hybridized carbons (Fsp3) is 0.611.